The molecule has 154 valence electrons. The summed E-state index contributed by atoms with van der Waals surface area (Å²) >= 11 is 1.79. The first-order valence-electron chi connectivity index (χ1n) is 10.5. The lowest BCUT2D eigenvalue weighted by molar-refractivity contribution is 0.0761. The van der Waals surface area contributed by atoms with Crippen molar-refractivity contribution in [2.45, 2.75) is 12.0 Å². The molecule has 0 N–H and O–H groups in total. The molecule has 1 heterocycles. The molecule has 1 aliphatic rings. The summed E-state index contributed by atoms with van der Waals surface area (Å²) in [6.45, 7) is 1.23. The number of carbonyl (C=O) groups excluding carboxylic acids is 1. The molecule has 0 aliphatic carbocycles. The second-order valence-electron chi connectivity index (χ2n) is 7.56. The molecule has 0 bridgehead atoms. The SMILES string of the molecule is O=C(c1cccc2ccccc12)N1CCSC1c1ccccc1OCc1ccccc1. The third-order valence-electron chi connectivity index (χ3n) is 5.59. The molecule has 0 aromatic heterocycles. The van der Waals surface area contributed by atoms with Gasteiger partial charge in [-0.1, -0.05) is 84.9 Å². The minimum atomic E-state index is -0.0570. The third kappa shape index (κ3) is 4.04. The Kier molecular flexibility index (Phi) is 5.63. The van der Waals surface area contributed by atoms with E-state index in [1.54, 1.807) is 11.8 Å². The molecular formula is C27H23NO2S. The van der Waals surface area contributed by atoms with E-state index in [-0.39, 0.29) is 11.3 Å². The molecule has 4 aromatic rings. The average Bonchev–Trinajstić information content (AvgIpc) is 3.32. The lowest BCUT2D eigenvalue weighted by atomic mass is 10.0. The summed E-state index contributed by atoms with van der Waals surface area (Å²) in [7, 11) is 0. The van der Waals surface area contributed by atoms with E-state index in [0.717, 1.165) is 45.5 Å². The summed E-state index contributed by atoms with van der Waals surface area (Å²) in [4.78, 5) is 15.6. The molecule has 1 amide bonds. The summed E-state index contributed by atoms with van der Waals surface area (Å²) < 4.78 is 6.19. The van der Waals surface area contributed by atoms with Gasteiger partial charge in [0.25, 0.3) is 5.91 Å². The number of amides is 1. The van der Waals surface area contributed by atoms with Gasteiger partial charge in [-0.2, -0.15) is 0 Å². The topological polar surface area (TPSA) is 29.5 Å². The Bertz CT molecular complexity index is 1200. The largest absolute Gasteiger partial charge is 0.489 e. The van der Waals surface area contributed by atoms with Crippen LogP contribution < -0.4 is 4.74 Å². The van der Waals surface area contributed by atoms with Crippen molar-refractivity contribution in [1.29, 1.82) is 0 Å². The van der Waals surface area contributed by atoms with E-state index in [2.05, 4.69) is 30.3 Å². The summed E-state index contributed by atoms with van der Waals surface area (Å²) in [6, 6.07) is 32.2. The van der Waals surface area contributed by atoms with Crippen LogP contribution in [0.1, 0.15) is 26.9 Å². The van der Waals surface area contributed by atoms with Crippen LogP contribution in [0.2, 0.25) is 0 Å². The van der Waals surface area contributed by atoms with Crippen LogP contribution in [0.15, 0.2) is 97.1 Å². The van der Waals surface area contributed by atoms with Gasteiger partial charge in [-0.25, -0.2) is 0 Å². The Morgan fingerprint density at radius 2 is 1.61 bits per heavy atom. The maximum atomic E-state index is 13.6. The normalized spacial score (nSPS) is 15.9. The first kappa shape index (κ1) is 19.7. The van der Waals surface area contributed by atoms with E-state index in [1.807, 2.05) is 71.6 Å². The van der Waals surface area contributed by atoms with Gasteiger partial charge in [0.1, 0.15) is 17.7 Å². The number of carbonyl (C=O) groups is 1. The van der Waals surface area contributed by atoms with Crippen LogP contribution in [-0.4, -0.2) is 23.1 Å². The van der Waals surface area contributed by atoms with Crippen molar-refractivity contribution in [3.8, 4) is 5.75 Å². The maximum absolute atomic E-state index is 13.6. The van der Waals surface area contributed by atoms with Gasteiger partial charge in [0.15, 0.2) is 0 Å². The zero-order chi connectivity index (χ0) is 21.0. The minimum absolute atomic E-state index is 0.0570. The zero-order valence-electron chi connectivity index (χ0n) is 17.1. The summed E-state index contributed by atoms with van der Waals surface area (Å²) in [6.07, 6.45) is 0. The van der Waals surface area contributed by atoms with Crippen molar-refractivity contribution < 1.29 is 9.53 Å². The van der Waals surface area contributed by atoms with Crippen molar-refractivity contribution in [3.63, 3.8) is 0 Å². The van der Waals surface area contributed by atoms with E-state index in [9.17, 15) is 4.79 Å². The molecule has 5 rings (SSSR count). The number of hydrogen-bond acceptors (Lipinski definition) is 3. The van der Waals surface area contributed by atoms with Gasteiger partial charge >= 0.3 is 0 Å². The molecule has 1 unspecified atom stereocenters. The van der Waals surface area contributed by atoms with Crippen molar-refractivity contribution in [1.82, 2.24) is 4.90 Å². The zero-order valence-corrected chi connectivity index (χ0v) is 17.9. The standard InChI is InChI=1S/C27H23NO2S/c29-26(23-15-8-12-21-11-4-5-13-22(21)23)28-17-18-31-27(28)24-14-6-7-16-25(24)30-19-20-9-2-1-3-10-20/h1-16,27H,17-19H2. The number of hydrogen-bond donors (Lipinski definition) is 0. The van der Waals surface area contributed by atoms with Gasteiger partial charge in [0.05, 0.1) is 0 Å². The Morgan fingerprint density at radius 1 is 0.871 bits per heavy atom. The second kappa shape index (κ2) is 8.86. The number of thioether (sulfide) groups is 1. The number of benzene rings is 4. The fourth-order valence-corrected chi connectivity index (χ4v) is 5.33. The highest BCUT2D eigenvalue weighted by atomic mass is 32.2. The summed E-state index contributed by atoms with van der Waals surface area (Å²) in [5.74, 6) is 1.82. The molecule has 1 fully saturated rings. The molecule has 1 aliphatic heterocycles. The quantitative estimate of drug-likeness (QED) is 0.375. The lowest BCUT2D eigenvalue weighted by Gasteiger charge is -2.26. The Hall–Kier alpha value is -3.24. The Balaban J connectivity index is 1.44. The van der Waals surface area contributed by atoms with Crippen LogP contribution in [0.3, 0.4) is 0 Å². The molecule has 3 nitrogen and oxygen atoms in total. The van der Waals surface area contributed by atoms with E-state index >= 15 is 0 Å². The highest BCUT2D eigenvalue weighted by Gasteiger charge is 2.33. The number of ether oxygens (including phenoxy) is 1. The Labute approximate surface area is 186 Å². The van der Waals surface area contributed by atoms with Gasteiger partial charge in [-0.05, 0) is 28.5 Å². The number of para-hydroxylation sites is 1. The first-order valence-corrected chi connectivity index (χ1v) is 11.5. The summed E-state index contributed by atoms with van der Waals surface area (Å²) in [5.41, 5.74) is 2.93. The smallest absolute Gasteiger partial charge is 0.255 e. The van der Waals surface area contributed by atoms with Crippen LogP contribution >= 0.6 is 11.8 Å². The fourth-order valence-electron chi connectivity index (χ4n) is 4.05. The van der Waals surface area contributed by atoms with Crippen LogP contribution in [0.5, 0.6) is 5.75 Å². The molecule has 4 aromatic carbocycles. The van der Waals surface area contributed by atoms with Gasteiger partial charge in [0.2, 0.25) is 0 Å². The predicted octanol–water partition coefficient (Wildman–Crippen LogP) is 6.31. The highest BCUT2D eigenvalue weighted by Crippen LogP contribution is 2.43. The van der Waals surface area contributed by atoms with Crippen LogP contribution in [0.4, 0.5) is 0 Å². The second-order valence-corrected chi connectivity index (χ2v) is 8.75. The van der Waals surface area contributed by atoms with E-state index in [4.69, 9.17) is 4.74 Å². The lowest BCUT2D eigenvalue weighted by Crippen LogP contribution is -2.30. The maximum Gasteiger partial charge on any atom is 0.255 e. The van der Waals surface area contributed by atoms with Crippen LogP contribution in [0, 0.1) is 0 Å². The van der Waals surface area contributed by atoms with E-state index in [0.29, 0.717) is 6.61 Å². The average molecular weight is 426 g/mol. The minimum Gasteiger partial charge on any atom is -0.489 e. The molecule has 0 spiro atoms. The van der Waals surface area contributed by atoms with Crippen LogP contribution in [0.25, 0.3) is 10.8 Å². The highest BCUT2D eigenvalue weighted by molar-refractivity contribution is 7.99. The van der Waals surface area contributed by atoms with Gasteiger partial charge in [-0.15, -0.1) is 11.8 Å². The van der Waals surface area contributed by atoms with Crippen molar-refractivity contribution in [2.24, 2.45) is 0 Å². The number of rotatable bonds is 5. The number of nitrogens with zero attached hydrogens (tertiary/aromatic N) is 1. The molecule has 31 heavy (non-hydrogen) atoms. The molecular weight excluding hydrogens is 402 g/mol. The van der Waals surface area contributed by atoms with Crippen molar-refractivity contribution in [2.75, 3.05) is 12.3 Å². The summed E-state index contributed by atoms with van der Waals surface area (Å²) in [5, 5.41) is 2.03. The Morgan fingerprint density at radius 3 is 2.52 bits per heavy atom. The predicted molar refractivity (Wildman–Crippen MR) is 127 cm³/mol. The molecule has 1 saturated heterocycles. The van der Waals surface area contributed by atoms with E-state index in [1.165, 1.54) is 0 Å². The van der Waals surface area contributed by atoms with Gasteiger partial charge in [0, 0.05) is 23.4 Å². The van der Waals surface area contributed by atoms with Crippen molar-refractivity contribution in [3.05, 3.63) is 114 Å². The number of fused-ring (bicyclic) bond motifs is 1. The van der Waals surface area contributed by atoms with Crippen molar-refractivity contribution >= 4 is 28.4 Å². The van der Waals surface area contributed by atoms with Crippen LogP contribution in [-0.2, 0) is 6.61 Å². The van der Waals surface area contributed by atoms with Gasteiger partial charge < -0.3 is 9.64 Å². The molecule has 0 radical (unpaired) electrons. The molecule has 0 saturated carbocycles. The fraction of sp³-hybridized carbons (Fsp3) is 0.148. The molecule has 1 atom stereocenters. The van der Waals surface area contributed by atoms with E-state index < -0.39 is 0 Å². The molecule has 4 heteroatoms. The monoisotopic (exact) mass is 425 g/mol. The third-order valence-corrected chi connectivity index (χ3v) is 6.84. The van der Waals surface area contributed by atoms with Gasteiger partial charge in [-0.3, -0.25) is 4.79 Å². The first-order chi connectivity index (χ1) is 15.3.